The van der Waals surface area contributed by atoms with E-state index in [4.69, 9.17) is 0 Å². The smallest absolute Gasteiger partial charge is 0.271 e. The fourth-order valence-corrected chi connectivity index (χ4v) is 0.867. The number of amides is 1. The molecule has 0 aliphatic carbocycles. The zero-order valence-electron chi connectivity index (χ0n) is 8.65. The molecule has 0 aliphatic heterocycles. The van der Waals surface area contributed by atoms with Crippen molar-refractivity contribution in [1.82, 2.24) is 5.43 Å². The van der Waals surface area contributed by atoms with E-state index in [9.17, 15) is 9.59 Å². The van der Waals surface area contributed by atoms with Gasteiger partial charge in [0.1, 0.15) is 5.71 Å². The highest BCUT2D eigenvalue weighted by molar-refractivity contribution is 6.38. The summed E-state index contributed by atoms with van der Waals surface area (Å²) in [6, 6.07) is 8.69. The topological polar surface area (TPSA) is 58.5 Å². The van der Waals surface area contributed by atoms with Crippen LogP contribution in [0.5, 0.6) is 0 Å². The van der Waals surface area contributed by atoms with Crippen LogP contribution in [-0.2, 0) is 4.79 Å². The number of nitrogens with zero attached hydrogens (tertiary/aromatic N) is 1. The average Bonchev–Trinajstić information content (AvgIpc) is 2.26. The maximum atomic E-state index is 11.4. The Kier molecular flexibility index (Phi) is 3.74. The van der Waals surface area contributed by atoms with Crippen LogP contribution in [0, 0.1) is 0 Å². The van der Waals surface area contributed by atoms with E-state index in [-0.39, 0.29) is 17.4 Å². The van der Waals surface area contributed by atoms with Crippen molar-refractivity contribution in [2.24, 2.45) is 5.10 Å². The number of hydrogen-bond donors (Lipinski definition) is 1. The zero-order valence-corrected chi connectivity index (χ0v) is 8.65. The molecule has 0 radical (unpaired) electrons. The molecule has 1 amide bonds. The van der Waals surface area contributed by atoms with Crippen LogP contribution in [0.3, 0.4) is 0 Å². The number of hydrazone groups is 1. The van der Waals surface area contributed by atoms with Crippen LogP contribution in [0.2, 0.25) is 0 Å². The van der Waals surface area contributed by atoms with E-state index in [1.165, 1.54) is 6.92 Å². The first kappa shape index (κ1) is 11.1. The van der Waals surface area contributed by atoms with Crippen LogP contribution < -0.4 is 5.43 Å². The summed E-state index contributed by atoms with van der Waals surface area (Å²) in [5.74, 6) is -0.487. The molecule has 1 aromatic carbocycles. The lowest BCUT2D eigenvalue weighted by Gasteiger charge is -1.99. The highest BCUT2D eigenvalue weighted by Gasteiger charge is 2.03. The molecule has 0 saturated carbocycles. The number of nitrogens with one attached hydrogen (secondary N) is 1. The maximum absolute atomic E-state index is 11.4. The van der Waals surface area contributed by atoms with E-state index in [0.29, 0.717) is 5.56 Å². The highest BCUT2D eigenvalue weighted by atomic mass is 16.2. The first-order chi connectivity index (χ1) is 7.11. The van der Waals surface area contributed by atoms with Gasteiger partial charge in [0, 0.05) is 12.5 Å². The van der Waals surface area contributed by atoms with Crippen LogP contribution in [0.1, 0.15) is 24.2 Å². The van der Waals surface area contributed by atoms with Crippen LogP contribution in [0.15, 0.2) is 35.4 Å². The van der Waals surface area contributed by atoms with Gasteiger partial charge in [-0.05, 0) is 19.1 Å². The Balaban J connectivity index is 2.66. The molecule has 0 saturated heterocycles. The van der Waals surface area contributed by atoms with Crippen molar-refractivity contribution in [3.8, 4) is 0 Å². The Morgan fingerprint density at radius 2 is 1.73 bits per heavy atom. The summed E-state index contributed by atoms with van der Waals surface area (Å²) in [5.41, 5.74) is 3.10. The summed E-state index contributed by atoms with van der Waals surface area (Å²) >= 11 is 0. The van der Waals surface area contributed by atoms with E-state index in [2.05, 4.69) is 10.5 Å². The normalized spacial score (nSPS) is 10.9. The number of Topliss-reactive ketones (excluding diaryl/α,β-unsaturated/α-hetero) is 1. The minimum Gasteiger partial charge on any atom is -0.293 e. The molecule has 4 heteroatoms. The number of ketones is 1. The predicted octanol–water partition coefficient (Wildman–Crippen LogP) is 1.38. The Morgan fingerprint density at radius 3 is 2.27 bits per heavy atom. The van der Waals surface area contributed by atoms with Crippen molar-refractivity contribution in [3.05, 3.63) is 35.9 Å². The number of rotatable bonds is 3. The van der Waals surface area contributed by atoms with Crippen molar-refractivity contribution >= 4 is 17.4 Å². The van der Waals surface area contributed by atoms with Gasteiger partial charge in [0.05, 0.1) is 0 Å². The number of carbonyl (C=O) groups excluding carboxylic acids is 2. The molecule has 0 atom stereocenters. The summed E-state index contributed by atoms with van der Waals surface area (Å²) in [6.07, 6.45) is 0. The Bertz CT molecular complexity index is 396. The van der Waals surface area contributed by atoms with E-state index in [0.717, 1.165) is 0 Å². The molecular weight excluding hydrogens is 192 g/mol. The molecule has 0 heterocycles. The first-order valence-electron chi connectivity index (χ1n) is 4.52. The van der Waals surface area contributed by atoms with E-state index >= 15 is 0 Å². The van der Waals surface area contributed by atoms with E-state index in [1.807, 2.05) is 6.07 Å². The Morgan fingerprint density at radius 1 is 1.13 bits per heavy atom. The third-order valence-electron chi connectivity index (χ3n) is 1.87. The predicted molar refractivity (Wildman–Crippen MR) is 57.7 cm³/mol. The lowest BCUT2D eigenvalue weighted by molar-refractivity contribution is -0.111. The van der Waals surface area contributed by atoms with E-state index in [1.54, 1.807) is 31.2 Å². The SMILES string of the molecule is CC(=O)C(C)=NNC(=O)c1ccccc1. The van der Waals surface area contributed by atoms with Gasteiger partial charge in [-0.1, -0.05) is 18.2 Å². The lowest BCUT2D eigenvalue weighted by atomic mass is 10.2. The minimum atomic E-state index is -0.323. The Labute approximate surface area is 88.0 Å². The fraction of sp³-hybridized carbons (Fsp3) is 0.182. The molecule has 4 nitrogen and oxygen atoms in total. The first-order valence-corrected chi connectivity index (χ1v) is 4.52. The third-order valence-corrected chi connectivity index (χ3v) is 1.87. The van der Waals surface area contributed by atoms with Gasteiger partial charge in [-0.25, -0.2) is 5.43 Å². The maximum Gasteiger partial charge on any atom is 0.271 e. The van der Waals surface area contributed by atoms with Crippen LogP contribution in [-0.4, -0.2) is 17.4 Å². The van der Waals surface area contributed by atoms with Crippen molar-refractivity contribution in [1.29, 1.82) is 0 Å². The van der Waals surface area contributed by atoms with Crippen molar-refractivity contribution in [2.75, 3.05) is 0 Å². The van der Waals surface area contributed by atoms with Crippen molar-refractivity contribution in [3.63, 3.8) is 0 Å². The summed E-state index contributed by atoms with van der Waals surface area (Å²) in [5, 5.41) is 3.67. The summed E-state index contributed by atoms with van der Waals surface area (Å²) in [6.45, 7) is 2.95. The molecule has 0 fully saturated rings. The molecule has 0 unspecified atom stereocenters. The van der Waals surface area contributed by atoms with Gasteiger partial charge in [0.2, 0.25) is 0 Å². The number of carbonyl (C=O) groups is 2. The molecular formula is C11H12N2O2. The van der Waals surface area contributed by atoms with Crippen LogP contribution >= 0.6 is 0 Å². The molecule has 0 spiro atoms. The summed E-state index contributed by atoms with van der Waals surface area (Å²) in [7, 11) is 0. The van der Waals surface area contributed by atoms with Gasteiger partial charge < -0.3 is 0 Å². The molecule has 0 bridgehead atoms. The molecule has 0 aliphatic rings. The monoisotopic (exact) mass is 204 g/mol. The number of hydrogen-bond acceptors (Lipinski definition) is 3. The molecule has 78 valence electrons. The fourth-order valence-electron chi connectivity index (χ4n) is 0.867. The van der Waals surface area contributed by atoms with Gasteiger partial charge in [0.25, 0.3) is 5.91 Å². The lowest BCUT2D eigenvalue weighted by Crippen LogP contribution is -2.20. The summed E-state index contributed by atoms with van der Waals surface area (Å²) < 4.78 is 0. The van der Waals surface area contributed by atoms with Crippen molar-refractivity contribution < 1.29 is 9.59 Å². The second-order valence-electron chi connectivity index (χ2n) is 3.06. The van der Waals surface area contributed by atoms with Gasteiger partial charge in [-0.2, -0.15) is 5.10 Å². The molecule has 1 N–H and O–H groups in total. The third kappa shape index (κ3) is 3.34. The van der Waals surface area contributed by atoms with Gasteiger partial charge in [0.15, 0.2) is 5.78 Å². The average molecular weight is 204 g/mol. The molecule has 0 aromatic heterocycles. The quantitative estimate of drug-likeness (QED) is 0.597. The summed E-state index contributed by atoms with van der Waals surface area (Å²) in [4.78, 5) is 22.3. The van der Waals surface area contributed by atoms with Crippen LogP contribution in [0.25, 0.3) is 0 Å². The second kappa shape index (κ2) is 5.05. The molecule has 1 rings (SSSR count). The zero-order chi connectivity index (χ0) is 11.3. The number of benzene rings is 1. The standard InChI is InChI=1S/C11H12N2O2/c1-8(9(2)14)12-13-11(15)10-6-4-3-5-7-10/h3-7H,1-2H3,(H,13,15). The van der Waals surface area contributed by atoms with Gasteiger partial charge >= 0.3 is 0 Å². The largest absolute Gasteiger partial charge is 0.293 e. The van der Waals surface area contributed by atoms with Crippen molar-refractivity contribution in [2.45, 2.75) is 13.8 Å². The van der Waals surface area contributed by atoms with E-state index < -0.39 is 0 Å². The van der Waals surface area contributed by atoms with Crippen LogP contribution in [0.4, 0.5) is 0 Å². The van der Waals surface area contributed by atoms with Gasteiger partial charge in [-0.15, -0.1) is 0 Å². The molecule has 15 heavy (non-hydrogen) atoms. The minimum absolute atomic E-state index is 0.164. The molecule has 1 aromatic rings. The van der Waals surface area contributed by atoms with Gasteiger partial charge in [-0.3, -0.25) is 9.59 Å². The Hall–Kier alpha value is -1.97. The highest BCUT2D eigenvalue weighted by Crippen LogP contribution is 1.97. The second-order valence-corrected chi connectivity index (χ2v) is 3.06.